The molecule has 1 heterocycles. The maximum absolute atomic E-state index is 11.6. The van der Waals surface area contributed by atoms with Crippen LogP contribution < -0.4 is 10.2 Å². The third kappa shape index (κ3) is 4.71. The lowest BCUT2D eigenvalue weighted by atomic mass is 9.84. The van der Waals surface area contributed by atoms with Crippen LogP contribution in [0.4, 0.5) is 5.69 Å². The summed E-state index contributed by atoms with van der Waals surface area (Å²) in [6.07, 6.45) is 10.7. The second kappa shape index (κ2) is 9.30. The number of carbonyl (C=O) groups is 1. The van der Waals surface area contributed by atoms with E-state index in [1.165, 1.54) is 89.8 Å². The summed E-state index contributed by atoms with van der Waals surface area (Å²) in [4.78, 5) is 16.9. The van der Waals surface area contributed by atoms with E-state index in [0.29, 0.717) is 12.5 Å². The summed E-state index contributed by atoms with van der Waals surface area (Å²) in [5.74, 6) is 1.07. The van der Waals surface area contributed by atoms with Gasteiger partial charge in [0.15, 0.2) is 0 Å². The Balaban J connectivity index is 1.18. The van der Waals surface area contributed by atoms with E-state index < -0.39 is 0 Å². The van der Waals surface area contributed by atoms with E-state index in [1.54, 1.807) is 11.1 Å². The summed E-state index contributed by atoms with van der Waals surface area (Å²) in [6.45, 7) is 7.93. The third-order valence-corrected chi connectivity index (χ3v) is 7.22. The number of rotatable bonds is 6. The van der Waals surface area contributed by atoms with Crippen molar-refractivity contribution in [3.05, 3.63) is 29.3 Å². The maximum atomic E-state index is 11.6. The first-order valence-electron chi connectivity index (χ1n) is 11.6. The van der Waals surface area contributed by atoms with Crippen molar-refractivity contribution in [2.45, 2.75) is 70.8 Å². The largest absolute Gasteiger partial charge is 0.369 e. The van der Waals surface area contributed by atoms with Gasteiger partial charge in [-0.2, -0.15) is 0 Å². The first-order chi connectivity index (χ1) is 13.7. The number of anilines is 1. The zero-order valence-electron chi connectivity index (χ0n) is 17.6. The summed E-state index contributed by atoms with van der Waals surface area (Å²) < 4.78 is 0. The van der Waals surface area contributed by atoms with Crippen LogP contribution >= 0.6 is 0 Å². The number of amides is 1. The Labute approximate surface area is 170 Å². The van der Waals surface area contributed by atoms with E-state index in [0.717, 1.165) is 5.92 Å². The fourth-order valence-electron chi connectivity index (χ4n) is 5.40. The third-order valence-electron chi connectivity index (χ3n) is 7.22. The molecule has 4 nitrogen and oxygen atoms in total. The second-order valence-electron chi connectivity index (χ2n) is 9.02. The Morgan fingerprint density at radius 3 is 2.61 bits per heavy atom. The van der Waals surface area contributed by atoms with Crippen molar-refractivity contribution < 1.29 is 4.79 Å². The highest BCUT2D eigenvalue weighted by Crippen LogP contribution is 2.32. The number of aryl methyl sites for hydroxylation is 1. The molecule has 154 valence electrons. The highest BCUT2D eigenvalue weighted by Gasteiger charge is 2.25. The number of carbonyl (C=O) groups excluding carboxylic acids is 1. The van der Waals surface area contributed by atoms with E-state index in [2.05, 4.69) is 33.3 Å². The van der Waals surface area contributed by atoms with Crippen LogP contribution in [0.15, 0.2) is 18.2 Å². The smallest absolute Gasteiger partial charge is 0.219 e. The van der Waals surface area contributed by atoms with E-state index in [4.69, 9.17) is 0 Å². The topological polar surface area (TPSA) is 35.6 Å². The quantitative estimate of drug-likeness (QED) is 0.812. The molecule has 1 N–H and O–H groups in total. The molecule has 1 saturated carbocycles. The lowest BCUT2D eigenvalue weighted by molar-refractivity contribution is -0.121. The molecule has 4 heteroatoms. The molecule has 1 aromatic carbocycles. The molecule has 1 aliphatic heterocycles. The summed E-state index contributed by atoms with van der Waals surface area (Å²) in [5, 5.41) is 3.18. The van der Waals surface area contributed by atoms with Crippen molar-refractivity contribution in [1.82, 2.24) is 10.2 Å². The van der Waals surface area contributed by atoms with Crippen LogP contribution in [0.25, 0.3) is 0 Å². The van der Waals surface area contributed by atoms with Crippen LogP contribution in [-0.2, 0) is 17.6 Å². The minimum Gasteiger partial charge on any atom is -0.369 e. The fourth-order valence-corrected chi connectivity index (χ4v) is 5.40. The number of piperazine rings is 1. The highest BCUT2D eigenvalue weighted by atomic mass is 16.1. The minimum absolute atomic E-state index is 0.213. The van der Waals surface area contributed by atoms with Crippen LogP contribution in [-0.4, -0.2) is 49.6 Å². The van der Waals surface area contributed by atoms with Gasteiger partial charge in [0.25, 0.3) is 0 Å². The number of benzene rings is 1. The molecule has 0 unspecified atom stereocenters. The van der Waals surface area contributed by atoms with E-state index >= 15 is 0 Å². The summed E-state index contributed by atoms with van der Waals surface area (Å²) in [6, 6.07) is 7.35. The van der Waals surface area contributed by atoms with Gasteiger partial charge in [0.1, 0.15) is 0 Å². The molecule has 28 heavy (non-hydrogen) atoms. The van der Waals surface area contributed by atoms with Crippen molar-refractivity contribution in [2.24, 2.45) is 5.92 Å². The molecular formula is C24H37N3O. The number of hydrogen-bond donors (Lipinski definition) is 1. The number of nitrogens with one attached hydrogen (secondary N) is 1. The molecule has 2 aliphatic carbocycles. The monoisotopic (exact) mass is 383 g/mol. The first kappa shape index (κ1) is 19.8. The van der Waals surface area contributed by atoms with Gasteiger partial charge in [-0.1, -0.05) is 19.1 Å². The predicted molar refractivity (Wildman–Crippen MR) is 116 cm³/mol. The van der Waals surface area contributed by atoms with Gasteiger partial charge in [-0.25, -0.2) is 0 Å². The molecule has 0 spiro atoms. The molecule has 2 fully saturated rings. The Kier molecular flexibility index (Phi) is 6.56. The van der Waals surface area contributed by atoms with Crippen LogP contribution in [0.2, 0.25) is 0 Å². The van der Waals surface area contributed by atoms with Gasteiger partial charge in [0.05, 0.1) is 0 Å². The van der Waals surface area contributed by atoms with Gasteiger partial charge in [0.2, 0.25) is 5.91 Å². The van der Waals surface area contributed by atoms with Crippen molar-refractivity contribution in [3.63, 3.8) is 0 Å². The van der Waals surface area contributed by atoms with Crippen molar-refractivity contribution in [1.29, 1.82) is 0 Å². The zero-order chi connectivity index (χ0) is 19.3. The normalized spacial score (nSPS) is 25.5. The lowest BCUT2D eigenvalue weighted by Gasteiger charge is -2.38. The van der Waals surface area contributed by atoms with Crippen LogP contribution in [0, 0.1) is 5.92 Å². The molecule has 0 radical (unpaired) electrons. The number of fused-ring (bicyclic) bond motifs is 1. The standard InChI is InChI=1S/C24H37N3O/c1-2-24(28)25-21-11-9-19(10-12-21)13-14-26-15-17-27(18-16-26)23-8-4-6-20-5-3-7-22(20)23/h4,6,8,19,21H,2-3,5,7,9-18H2,1H3,(H,25,28)/t19-,21-. The van der Waals surface area contributed by atoms with Gasteiger partial charge in [-0.3, -0.25) is 9.69 Å². The lowest BCUT2D eigenvalue weighted by Crippen LogP contribution is -2.47. The fraction of sp³-hybridized carbons (Fsp3) is 0.708. The van der Waals surface area contributed by atoms with Crippen LogP contribution in [0.5, 0.6) is 0 Å². The van der Waals surface area contributed by atoms with Gasteiger partial charge in [0, 0.05) is 44.3 Å². The highest BCUT2D eigenvalue weighted by molar-refractivity contribution is 5.75. The van der Waals surface area contributed by atoms with Gasteiger partial charge >= 0.3 is 0 Å². The van der Waals surface area contributed by atoms with Crippen molar-refractivity contribution in [3.8, 4) is 0 Å². The molecule has 1 amide bonds. The molecule has 1 saturated heterocycles. The molecule has 0 bridgehead atoms. The molecule has 0 atom stereocenters. The first-order valence-corrected chi connectivity index (χ1v) is 11.6. The van der Waals surface area contributed by atoms with E-state index in [-0.39, 0.29) is 5.91 Å². The summed E-state index contributed by atoms with van der Waals surface area (Å²) in [5.41, 5.74) is 4.73. The Morgan fingerprint density at radius 1 is 1.07 bits per heavy atom. The Hall–Kier alpha value is -1.55. The Bertz CT molecular complexity index is 658. The average Bonchev–Trinajstić information content (AvgIpc) is 3.22. The maximum Gasteiger partial charge on any atom is 0.219 e. The van der Waals surface area contributed by atoms with Gasteiger partial charge in [-0.05, 0) is 81.0 Å². The summed E-state index contributed by atoms with van der Waals surface area (Å²) in [7, 11) is 0. The second-order valence-corrected chi connectivity index (χ2v) is 9.02. The molecule has 4 rings (SSSR count). The van der Waals surface area contributed by atoms with Crippen LogP contribution in [0.1, 0.15) is 63.0 Å². The summed E-state index contributed by atoms with van der Waals surface area (Å²) >= 11 is 0. The van der Waals surface area contributed by atoms with Gasteiger partial charge < -0.3 is 10.2 Å². The van der Waals surface area contributed by atoms with Gasteiger partial charge in [-0.15, -0.1) is 0 Å². The predicted octanol–water partition coefficient (Wildman–Crippen LogP) is 3.77. The SMILES string of the molecule is CCC(=O)N[C@H]1CC[C@H](CCN2CCN(c3cccc4c3CCC4)CC2)CC1. The van der Waals surface area contributed by atoms with Crippen molar-refractivity contribution >= 4 is 11.6 Å². The average molecular weight is 384 g/mol. The van der Waals surface area contributed by atoms with Crippen LogP contribution in [0.3, 0.4) is 0 Å². The molecule has 0 aromatic heterocycles. The van der Waals surface area contributed by atoms with E-state index in [1.807, 2.05) is 6.92 Å². The number of hydrogen-bond acceptors (Lipinski definition) is 3. The van der Waals surface area contributed by atoms with Crippen molar-refractivity contribution in [2.75, 3.05) is 37.6 Å². The molecule has 3 aliphatic rings. The molecule has 1 aromatic rings. The minimum atomic E-state index is 0.213. The molecular weight excluding hydrogens is 346 g/mol. The zero-order valence-corrected chi connectivity index (χ0v) is 17.6. The van der Waals surface area contributed by atoms with E-state index in [9.17, 15) is 4.79 Å². The number of nitrogens with zero attached hydrogens (tertiary/aromatic N) is 2. The Morgan fingerprint density at radius 2 is 1.86 bits per heavy atom.